The zero-order valence-corrected chi connectivity index (χ0v) is 20.5. The van der Waals surface area contributed by atoms with E-state index in [-0.39, 0.29) is 34.6 Å². The fourth-order valence-corrected chi connectivity index (χ4v) is 6.38. The SMILES string of the molecule is Cc1c(-c2cc3cc(OCc4cnc(S(=O)(=O)C5CNCCO5)s4)ccc3o2)oc(=O)c(C)c1O. The number of sulfone groups is 1. The molecule has 4 heterocycles. The Bertz CT molecular complexity index is 1560. The van der Waals surface area contributed by atoms with Crippen LogP contribution in [0.2, 0.25) is 0 Å². The Morgan fingerprint density at radius 2 is 2.06 bits per heavy atom. The highest BCUT2D eigenvalue weighted by atomic mass is 32.2. The van der Waals surface area contributed by atoms with E-state index < -0.39 is 20.9 Å². The van der Waals surface area contributed by atoms with Crippen LogP contribution < -0.4 is 15.7 Å². The van der Waals surface area contributed by atoms with Gasteiger partial charge in [-0.05, 0) is 38.1 Å². The second-order valence-corrected chi connectivity index (χ2v) is 11.4. The van der Waals surface area contributed by atoms with Crippen molar-refractivity contribution < 1.29 is 31.8 Å². The van der Waals surface area contributed by atoms with Gasteiger partial charge in [-0.2, -0.15) is 0 Å². The minimum absolute atomic E-state index is 0.00191. The van der Waals surface area contributed by atoms with Gasteiger partial charge in [0.05, 0.1) is 17.0 Å². The van der Waals surface area contributed by atoms with E-state index >= 15 is 0 Å². The number of aromatic hydroxyl groups is 1. The van der Waals surface area contributed by atoms with E-state index in [0.29, 0.717) is 46.1 Å². The number of rotatable bonds is 6. The van der Waals surface area contributed by atoms with Crippen LogP contribution in [0.15, 0.2) is 48.4 Å². The second-order valence-electron chi connectivity index (χ2n) is 8.06. The number of nitrogens with zero attached hydrogens (tertiary/aromatic N) is 1. The van der Waals surface area contributed by atoms with Crippen LogP contribution >= 0.6 is 11.3 Å². The van der Waals surface area contributed by atoms with Crippen LogP contribution in [0.4, 0.5) is 0 Å². The number of ether oxygens (including phenoxy) is 2. The summed E-state index contributed by atoms with van der Waals surface area (Å²) in [5.74, 6) is 0.872. The Morgan fingerprint density at radius 3 is 2.83 bits per heavy atom. The zero-order valence-electron chi connectivity index (χ0n) is 18.9. The second kappa shape index (κ2) is 9.11. The number of hydrogen-bond acceptors (Lipinski definition) is 11. The molecule has 1 aromatic carbocycles. The van der Waals surface area contributed by atoms with Crippen LogP contribution in [0.25, 0.3) is 22.5 Å². The predicted octanol–water partition coefficient (Wildman–Crippen LogP) is 3.13. The number of nitrogens with one attached hydrogen (secondary N) is 1. The Morgan fingerprint density at radius 1 is 1.23 bits per heavy atom. The molecule has 1 unspecified atom stereocenters. The van der Waals surface area contributed by atoms with Crippen LogP contribution in [0.1, 0.15) is 16.0 Å². The summed E-state index contributed by atoms with van der Waals surface area (Å²) in [6.07, 6.45) is 1.48. The molecule has 0 spiro atoms. The maximum atomic E-state index is 12.7. The van der Waals surface area contributed by atoms with Gasteiger partial charge in [0.1, 0.15) is 23.7 Å². The lowest BCUT2D eigenvalue weighted by Crippen LogP contribution is -2.42. The van der Waals surface area contributed by atoms with E-state index in [1.807, 2.05) is 0 Å². The number of thiazole rings is 1. The van der Waals surface area contributed by atoms with Gasteiger partial charge in [0.15, 0.2) is 17.0 Å². The lowest BCUT2D eigenvalue weighted by atomic mass is 10.1. The molecule has 35 heavy (non-hydrogen) atoms. The maximum Gasteiger partial charge on any atom is 0.343 e. The first-order chi connectivity index (χ1) is 16.7. The molecule has 2 N–H and O–H groups in total. The Labute approximate surface area is 204 Å². The van der Waals surface area contributed by atoms with Crippen LogP contribution in [-0.2, 0) is 21.2 Å². The summed E-state index contributed by atoms with van der Waals surface area (Å²) in [6.45, 7) is 4.44. The molecule has 0 radical (unpaired) electrons. The Hall–Kier alpha value is -3.19. The molecule has 10 nitrogen and oxygen atoms in total. The summed E-state index contributed by atoms with van der Waals surface area (Å²) in [5, 5.41) is 13.9. The monoisotopic (exact) mass is 518 g/mol. The minimum atomic E-state index is -3.68. The molecule has 184 valence electrons. The molecule has 1 atom stereocenters. The molecule has 5 rings (SSSR count). The summed E-state index contributed by atoms with van der Waals surface area (Å²) in [7, 11) is -3.68. The third kappa shape index (κ3) is 4.45. The number of aromatic nitrogens is 1. The quantitative estimate of drug-likeness (QED) is 0.391. The lowest BCUT2D eigenvalue weighted by Gasteiger charge is -2.22. The topological polar surface area (TPSA) is 141 Å². The molecule has 0 bridgehead atoms. The van der Waals surface area contributed by atoms with Crippen molar-refractivity contribution in [1.82, 2.24) is 10.3 Å². The maximum absolute atomic E-state index is 12.7. The average Bonchev–Trinajstić information content (AvgIpc) is 3.51. The largest absolute Gasteiger partial charge is 0.507 e. The number of fused-ring (bicyclic) bond motifs is 1. The molecule has 1 aliphatic rings. The van der Waals surface area contributed by atoms with Gasteiger partial charge in [-0.1, -0.05) is 0 Å². The van der Waals surface area contributed by atoms with Crippen LogP contribution in [0.5, 0.6) is 11.5 Å². The van der Waals surface area contributed by atoms with Gasteiger partial charge < -0.3 is 28.7 Å². The van der Waals surface area contributed by atoms with Crippen molar-refractivity contribution in [3.05, 3.63) is 56.9 Å². The first kappa shape index (κ1) is 23.5. The molecule has 1 fully saturated rings. The van der Waals surface area contributed by atoms with E-state index in [1.165, 1.54) is 13.1 Å². The molecule has 0 amide bonds. The number of benzene rings is 1. The van der Waals surface area contributed by atoms with Gasteiger partial charge in [-0.25, -0.2) is 18.2 Å². The van der Waals surface area contributed by atoms with Crippen LogP contribution in [0.3, 0.4) is 0 Å². The van der Waals surface area contributed by atoms with Gasteiger partial charge in [-0.3, -0.25) is 0 Å². The van der Waals surface area contributed by atoms with Gasteiger partial charge in [0, 0.05) is 30.2 Å². The average molecular weight is 519 g/mol. The van der Waals surface area contributed by atoms with Crippen LogP contribution in [-0.4, -0.2) is 43.6 Å². The first-order valence-corrected chi connectivity index (χ1v) is 13.1. The third-order valence-electron chi connectivity index (χ3n) is 5.66. The summed E-state index contributed by atoms with van der Waals surface area (Å²) in [4.78, 5) is 16.7. The van der Waals surface area contributed by atoms with Crippen LogP contribution in [0, 0.1) is 13.8 Å². The molecule has 12 heteroatoms. The predicted molar refractivity (Wildman–Crippen MR) is 128 cm³/mol. The summed E-state index contributed by atoms with van der Waals surface area (Å²) in [5.41, 5.74) is -0.494. The van der Waals surface area contributed by atoms with Gasteiger partial charge in [0.2, 0.25) is 14.2 Å². The van der Waals surface area contributed by atoms with Crippen molar-refractivity contribution in [2.24, 2.45) is 0 Å². The fraction of sp³-hybridized carbons (Fsp3) is 0.304. The third-order valence-corrected chi connectivity index (χ3v) is 8.96. The molecule has 1 aliphatic heterocycles. The number of hydrogen-bond donors (Lipinski definition) is 2. The molecule has 4 aromatic rings. The fourth-order valence-electron chi connectivity index (χ4n) is 3.68. The van der Waals surface area contributed by atoms with Gasteiger partial charge in [0.25, 0.3) is 0 Å². The Kier molecular flexibility index (Phi) is 6.13. The van der Waals surface area contributed by atoms with Crippen molar-refractivity contribution in [2.45, 2.75) is 30.2 Å². The van der Waals surface area contributed by atoms with Crippen molar-refractivity contribution in [3.8, 4) is 23.0 Å². The van der Waals surface area contributed by atoms with Gasteiger partial charge >= 0.3 is 5.63 Å². The zero-order chi connectivity index (χ0) is 24.7. The highest BCUT2D eigenvalue weighted by Crippen LogP contribution is 2.35. The highest BCUT2D eigenvalue weighted by Gasteiger charge is 2.32. The van der Waals surface area contributed by atoms with Crippen molar-refractivity contribution in [2.75, 3.05) is 19.7 Å². The van der Waals surface area contributed by atoms with E-state index in [2.05, 4.69) is 10.3 Å². The summed E-state index contributed by atoms with van der Waals surface area (Å²) >= 11 is 1.05. The molecule has 0 saturated carbocycles. The highest BCUT2D eigenvalue weighted by molar-refractivity contribution is 7.93. The molecular weight excluding hydrogens is 496 g/mol. The first-order valence-electron chi connectivity index (χ1n) is 10.7. The number of morpholine rings is 1. The van der Waals surface area contributed by atoms with Crippen molar-refractivity contribution >= 4 is 32.1 Å². The van der Waals surface area contributed by atoms with Crippen molar-refractivity contribution in [1.29, 1.82) is 0 Å². The minimum Gasteiger partial charge on any atom is -0.507 e. The molecule has 0 aliphatic carbocycles. The molecule has 3 aromatic heterocycles. The standard InChI is InChI=1S/C23H22N2O8S2/c1-12-20(26)13(2)22(27)33-21(12)18-8-14-7-15(3-4-17(14)32-18)31-11-16-9-25-23(34-16)35(28,29)19-10-24-5-6-30-19/h3-4,7-9,19,24,26H,5-6,10-11H2,1-2H3. The number of furan rings is 1. The van der Waals surface area contributed by atoms with Crippen molar-refractivity contribution in [3.63, 3.8) is 0 Å². The molecular formula is C23H22N2O8S2. The summed E-state index contributed by atoms with van der Waals surface area (Å²) < 4.78 is 47.8. The van der Waals surface area contributed by atoms with E-state index in [9.17, 15) is 18.3 Å². The normalized spacial score (nSPS) is 16.6. The molecule has 1 saturated heterocycles. The van der Waals surface area contributed by atoms with E-state index in [1.54, 1.807) is 31.2 Å². The summed E-state index contributed by atoms with van der Waals surface area (Å²) in [6, 6.07) is 6.87. The lowest BCUT2D eigenvalue weighted by molar-refractivity contribution is 0.0785. The Balaban J connectivity index is 1.33. The van der Waals surface area contributed by atoms with E-state index in [0.717, 1.165) is 11.3 Å². The smallest absolute Gasteiger partial charge is 0.343 e. The van der Waals surface area contributed by atoms with E-state index in [4.69, 9.17) is 18.3 Å². The van der Waals surface area contributed by atoms with Gasteiger partial charge in [-0.15, -0.1) is 11.3 Å².